The summed E-state index contributed by atoms with van der Waals surface area (Å²) < 4.78 is 5.32. The van der Waals surface area contributed by atoms with Crippen molar-refractivity contribution in [3.8, 4) is 0 Å². The molecule has 0 bridgehead atoms. The molecule has 66 valence electrons. The van der Waals surface area contributed by atoms with Crippen molar-refractivity contribution in [2.45, 2.75) is 57.8 Å². The Kier molecular flexibility index (Phi) is 3.34. The molecule has 3 atom stereocenters. The van der Waals surface area contributed by atoms with Crippen LogP contribution in [0, 0.1) is 0 Å². The van der Waals surface area contributed by atoms with Crippen molar-refractivity contribution in [1.82, 2.24) is 0 Å². The molecule has 2 unspecified atom stereocenters. The van der Waals surface area contributed by atoms with Gasteiger partial charge in [-0.3, -0.25) is 0 Å². The third-order valence-electron chi connectivity index (χ3n) is 2.26. The first-order valence-electron chi connectivity index (χ1n) is 4.63. The Labute approximate surface area is 68.6 Å². The Hall–Kier alpha value is -0.0800. The van der Waals surface area contributed by atoms with Crippen LogP contribution >= 0.6 is 0 Å². The van der Waals surface area contributed by atoms with Crippen molar-refractivity contribution in [2.24, 2.45) is 0 Å². The normalized spacial score (nSPS) is 31.9. The maximum atomic E-state index is 9.34. The number of rotatable bonds is 5. The zero-order valence-corrected chi connectivity index (χ0v) is 7.42. The van der Waals surface area contributed by atoms with Gasteiger partial charge in [-0.25, -0.2) is 0 Å². The second kappa shape index (κ2) is 4.07. The average Bonchev–Trinajstić information content (AvgIpc) is 2.78. The van der Waals surface area contributed by atoms with Crippen LogP contribution in [-0.4, -0.2) is 23.4 Å². The maximum Gasteiger partial charge on any atom is 0.110 e. The topological polar surface area (TPSA) is 32.8 Å². The Morgan fingerprint density at radius 1 is 1.45 bits per heavy atom. The first kappa shape index (κ1) is 9.01. The average molecular weight is 158 g/mol. The molecule has 1 saturated heterocycles. The van der Waals surface area contributed by atoms with E-state index in [4.69, 9.17) is 4.74 Å². The molecule has 1 heterocycles. The predicted octanol–water partition coefficient (Wildman–Crippen LogP) is 1.71. The molecule has 1 N–H and O–H groups in total. The number of aliphatic hydroxyl groups is 1. The summed E-state index contributed by atoms with van der Waals surface area (Å²) in [6, 6.07) is 0. The zero-order chi connectivity index (χ0) is 8.27. The minimum Gasteiger partial charge on any atom is -0.390 e. The molecule has 0 aromatic rings. The minimum absolute atomic E-state index is 0.159. The van der Waals surface area contributed by atoms with Crippen molar-refractivity contribution in [2.75, 3.05) is 0 Å². The highest BCUT2D eigenvalue weighted by molar-refractivity contribution is 4.89. The number of ether oxygens (including phenoxy) is 1. The summed E-state index contributed by atoms with van der Waals surface area (Å²) in [6.45, 7) is 4.16. The largest absolute Gasteiger partial charge is 0.390 e. The molecule has 1 aliphatic heterocycles. The molecule has 0 spiro atoms. The van der Waals surface area contributed by atoms with Gasteiger partial charge in [0.2, 0.25) is 0 Å². The van der Waals surface area contributed by atoms with Gasteiger partial charge in [-0.05, 0) is 12.8 Å². The molecule has 11 heavy (non-hydrogen) atoms. The van der Waals surface area contributed by atoms with Gasteiger partial charge in [0, 0.05) is 0 Å². The molecule has 0 radical (unpaired) electrons. The van der Waals surface area contributed by atoms with Gasteiger partial charge in [-0.1, -0.05) is 26.7 Å². The summed E-state index contributed by atoms with van der Waals surface area (Å²) in [5.74, 6) is 0. The first-order valence-corrected chi connectivity index (χ1v) is 4.63. The van der Waals surface area contributed by atoms with Crippen LogP contribution in [0.5, 0.6) is 0 Å². The second-order valence-corrected chi connectivity index (χ2v) is 3.26. The van der Waals surface area contributed by atoms with Crippen molar-refractivity contribution < 1.29 is 9.84 Å². The summed E-state index contributed by atoms with van der Waals surface area (Å²) >= 11 is 0. The lowest BCUT2D eigenvalue weighted by molar-refractivity contribution is 0.131. The van der Waals surface area contributed by atoms with Gasteiger partial charge in [0.05, 0.1) is 12.2 Å². The van der Waals surface area contributed by atoms with Gasteiger partial charge in [0.15, 0.2) is 0 Å². The highest BCUT2D eigenvalue weighted by Crippen LogP contribution is 2.30. The van der Waals surface area contributed by atoms with E-state index in [2.05, 4.69) is 6.92 Å². The molecule has 1 aliphatic rings. The molecule has 1 fully saturated rings. The summed E-state index contributed by atoms with van der Waals surface area (Å²) in [5.41, 5.74) is 0. The Balaban J connectivity index is 2.06. The first-order chi connectivity index (χ1) is 5.29. The van der Waals surface area contributed by atoms with E-state index < -0.39 is 0 Å². The van der Waals surface area contributed by atoms with Crippen LogP contribution in [0.15, 0.2) is 0 Å². The number of hydrogen-bond acceptors (Lipinski definition) is 2. The Bertz CT molecular complexity index is 114. The zero-order valence-electron chi connectivity index (χ0n) is 7.42. The third kappa shape index (κ3) is 2.46. The molecule has 0 saturated carbocycles. The van der Waals surface area contributed by atoms with Gasteiger partial charge in [0.1, 0.15) is 6.10 Å². The van der Waals surface area contributed by atoms with Crippen LogP contribution in [0.25, 0.3) is 0 Å². The molecule has 0 aliphatic carbocycles. The van der Waals surface area contributed by atoms with Crippen molar-refractivity contribution >= 4 is 0 Å². The van der Waals surface area contributed by atoms with Crippen LogP contribution in [0.4, 0.5) is 0 Å². The number of unbranched alkanes of at least 4 members (excludes halogenated alkanes) is 1. The third-order valence-corrected chi connectivity index (χ3v) is 2.26. The lowest BCUT2D eigenvalue weighted by Crippen LogP contribution is -2.15. The van der Waals surface area contributed by atoms with E-state index in [1.54, 1.807) is 0 Å². The van der Waals surface area contributed by atoms with Crippen molar-refractivity contribution in [1.29, 1.82) is 0 Å². The highest BCUT2D eigenvalue weighted by Gasteiger charge is 2.42. The fourth-order valence-corrected chi connectivity index (χ4v) is 1.36. The predicted molar refractivity (Wildman–Crippen MR) is 44.5 cm³/mol. The van der Waals surface area contributed by atoms with E-state index in [0.717, 1.165) is 12.8 Å². The molecule has 0 aromatic heterocycles. The van der Waals surface area contributed by atoms with Gasteiger partial charge >= 0.3 is 0 Å². The van der Waals surface area contributed by atoms with Gasteiger partial charge < -0.3 is 9.84 Å². The van der Waals surface area contributed by atoms with Crippen molar-refractivity contribution in [3.05, 3.63) is 0 Å². The molecular weight excluding hydrogens is 140 g/mol. The number of hydrogen-bond donors (Lipinski definition) is 1. The van der Waals surface area contributed by atoms with Gasteiger partial charge in [-0.15, -0.1) is 0 Å². The smallest absolute Gasteiger partial charge is 0.110 e. The second-order valence-electron chi connectivity index (χ2n) is 3.26. The number of epoxide rings is 1. The Morgan fingerprint density at radius 2 is 2.18 bits per heavy atom. The quantitative estimate of drug-likeness (QED) is 0.618. The van der Waals surface area contributed by atoms with E-state index >= 15 is 0 Å². The van der Waals surface area contributed by atoms with Crippen molar-refractivity contribution in [3.63, 3.8) is 0 Å². The highest BCUT2D eigenvalue weighted by atomic mass is 16.6. The SMILES string of the molecule is CCCCC1OC1[C@H](O)CC. The Morgan fingerprint density at radius 3 is 2.73 bits per heavy atom. The monoisotopic (exact) mass is 158 g/mol. The van der Waals surface area contributed by atoms with E-state index in [1.807, 2.05) is 6.92 Å². The lowest BCUT2D eigenvalue weighted by Gasteiger charge is -2.01. The van der Waals surface area contributed by atoms with Crippen LogP contribution in [0.2, 0.25) is 0 Å². The van der Waals surface area contributed by atoms with Gasteiger partial charge in [-0.2, -0.15) is 0 Å². The van der Waals surface area contributed by atoms with Gasteiger partial charge in [0.25, 0.3) is 0 Å². The molecule has 1 rings (SSSR count). The lowest BCUT2D eigenvalue weighted by atomic mass is 10.1. The summed E-state index contributed by atoms with van der Waals surface area (Å²) in [5, 5.41) is 9.34. The summed E-state index contributed by atoms with van der Waals surface area (Å²) in [7, 11) is 0. The van der Waals surface area contributed by atoms with E-state index in [-0.39, 0.29) is 12.2 Å². The molecule has 0 aromatic carbocycles. The van der Waals surface area contributed by atoms with Crippen LogP contribution in [-0.2, 0) is 4.74 Å². The summed E-state index contributed by atoms with van der Waals surface area (Å²) in [4.78, 5) is 0. The molecule has 2 heteroatoms. The number of aliphatic hydroxyl groups excluding tert-OH is 1. The van der Waals surface area contributed by atoms with Crippen LogP contribution in [0.3, 0.4) is 0 Å². The minimum atomic E-state index is -0.225. The molecule has 0 amide bonds. The van der Waals surface area contributed by atoms with Crippen LogP contribution < -0.4 is 0 Å². The fourth-order valence-electron chi connectivity index (χ4n) is 1.36. The molecular formula is C9H18O2. The van der Waals surface area contributed by atoms with E-state index in [1.165, 1.54) is 12.8 Å². The maximum absolute atomic E-state index is 9.34. The van der Waals surface area contributed by atoms with E-state index in [0.29, 0.717) is 6.10 Å². The van der Waals surface area contributed by atoms with E-state index in [9.17, 15) is 5.11 Å². The standard InChI is InChI=1S/C9H18O2/c1-3-5-6-8-9(11-8)7(10)4-2/h7-10H,3-6H2,1-2H3/t7-,8?,9?/m1/s1. The summed E-state index contributed by atoms with van der Waals surface area (Å²) in [6.07, 6.45) is 4.67. The fraction of sp³-hybridized carbons (Fsp3) is 1.00. The molecule has 2 nitrogen and oxygen atoms in total. The van der Waals surface area contributed by atoms with Crippen LogP contribution in [0.1, 0.15) is 39.5 Å².